The van der Waals surface area contributed by atoms with Gasteiger partial charge >= 0.3 is 0 Å². The topological polar surface area (TPSA) is 76.5 Å². The highest BCUT2D eigenvalue weighted by molar-refractivity contribution is 7.98. The fourth-order valence-electron chi connectivity index (χ4n) is 4.31. The van der Waals surface area contributed by atoms with Gasteiger partial charge in [0.25, 0.3) is 5.56 Å². The minimum absolute atomic E-state index is 0.0278. The number of aryl methyl sites for hydroxylation is 3. The summed E-state index contributed by atoms with van der Waals surface area (Å²) >= 11 is 3.19. The number of benzene rings is 2. The Labute approximate surface area is 198 Å². The zero-order chi connectivity index (χ0) is 22.4. The Bertz CT molecular complexity index is 1520. The predicted molar refractivity (Wildman–Crippen MR) is 133 cm³/mol. The summed E-state index contributed by atoms with van der Waals surface area (Å²) in [6.07, 6.45) is 3.17. The number of nitrogens with one attached hydrogen (secondary N) is 1. The molecule has 3 aromatic heterocycles. The van der Waals surface area contributed by atoms with E-state index in [-0.39, 0.29) is 5.56 Å². The summed E-state index contributed by atoms with van der Waals surface area (Å²) in [5, 5.41) is 10.5. The number of hydrogen-bond donors (Lipinski definition) is 1. The van der Waals surface area contributed by atoms with Crippen LogP contribution in [0.2, 0.25) is 0 Å². The van der Waals surface area contributed by atoms with Gasteiger partial charge in [-0.2, -0.15) is 0 Å². The minimum Gasteiger partial charge on any atom is -0.309 e. The SMILES string of the molecule is Cc1ccc(-n2c(SCc3nc4sc5c(c4c(=O)[nH]3)CCC5)nnc2-c2ccccc2)cc1. The second-order valence-electron chi connectivity index (χ2n) is 8.18. The molecule has 0 spiro atoms. The first kappa shape index (κ1) is 20.4. The molecule has 0 bridgehead atoms. The standard InChI is InChI=1S/C25H21N5OS2/c1-15-10-12-17(13-11-15)30-22(16-6-3-2-4-7-16)28-29-25(30)32-14-20-26-23(31)21-18-8-5-9-19(18)33-24(21)27-20/h2-4,6-7,10-13H,5,8-9,14H2,1H3,(H,26,27,31). The molecule has 0 saturated heterocycles. The van der Waals surface area contributed by atoms with Gasteiger partial charge in [0.15, 0.2) is 11.0 Å². The molecule has 33 heavy (non-hydrogen) atoms. The first-order valence-corrected chi connectivity index (χ1v) is 12.7. The molecule has 1 N–H and O–H groups in total. The van der Waals surface area contributed by atoms with E-state index in [0.29, 0.717) is 11.6 Å². The maximum atomic E-state index is 12.8. The van der Waals surface area contributed by atoms with Gasteiger partial charge in [-0.3, -0.25) is 9.36 Å². The van der Waals surface area contributed by atoms with Crippen LogP contribution in [0.3, 0.4) is 0 Å². The molecule has 2 aromatic carbocycles. The molecule has 6 nitrogen and oxygen atoms in total. The summed E-state index contributed by atoms with van der Waals surface area (Å²) in [4.78, 5) is 22.8. The Morgan fingerprint density at radius 1 is 1.06 bits per heavy atom. The first-order chi connectivity index (χ1) is 16.2. The third kappa shape index (κ3) is 3.69. The lowest BCUT2D eigenvalue weighted by Gasteiger charge is -2.10. The maximum Gasteiger partial charge on any atom is 0.259 e. The number of aromatic nitrogens is 5. The van der Waals surface area contributed by atoms with Crippen LogP contribution in [0.15, 0.2) is 64.5 Å². The van der Waals surface area contributed by atoms with Crippen LogP contribution in [0, 0.1) is 6.92 Å². The van der Waals surface area contributed by atoms with Crippen LogP contribution in [0.25, 0.3) is 27.3 Å². The van der Waals surface area contributed by atoms with Crippen molar-refractivity contribution in [2.45, 2.75) is 37.1 Å². The average molecular weight is 472 g/mol. The largest absolute Gasteiger partial charge is 0.309 e. The Balaban J connectivity index is 1.36. The van der Waals surface area contributed by atoms with Gasteiger partial charge in [0.05, 0.1) is 11.1 Å². The van der Waals surface area contributed by atoms with Crippen LogP contribution < -0.4 is 5.56 Å². The smallest absolute Gasteiger partial charge is 0.259 e. The summed E-state index contributed by atoms with van der Waals surface area (Å²) in [5.41, 5.74) is 4.37. The van der Waals surface area contributed by atoms with E-state index in [0.717, 1.165) is 51.7 Å². The molecule has 0 amide bonds. The van der Waals surface area contributed by atoms with E-state index in [9.17, 15) is 4.79 Å². The van der Waals surface area contributed by atoms with Crippen molar-refractivity contribution < 1.29 is 0 Å². The summed E-state index contributed by atoms with van der Waals surface area (Å²) in [7, 11) is 0. The zero-order valence-corrected chi connectivity index (χ0v) is 19.7. The highest BCUT2D eigenvalue weighted by Crippen LogP contribution is 2.35. The molecule has 6 rings (SSSR count). The number of thiophene rings is 1. The molecule has 0 atom stereocenters. The normalized spacial score (nSPS) is 13.0. The summed E-state index contributed by atoms with van der Waals surface area (Å²) in [6, 6.07) is 18.4. The molecule has 0 fully saturated rings. The highest BCUT2D eigenvalue weighted by Gasteiger charge is 2.22. The number of H-pyrrole nitrogens is 1. The third-order valence-electron chi connectivity index (χ3n) is 5.92. The molecule has 0 unspecified atom stereocenters. The van der Waals surface area contributed by atoms with Crippen LogP contribution >= 0.6 is 23.1 Å². The summed E-state index contributed by atoms with van der Waals surface area (Å²) in [5.74, 6) is 1.96. The number of nitrogens with zero attached hydrogens (tertiary/aromatic N) is 4. The van der Waals surface area contributed by atoms with Crippen LogP contribution in [0.1, 0.15) is 28.2 Å². The van der Waals surface area contributed by atoms with Gasteiger partial charge in [-0.05, 0) is 43.9 Å². The maximum absolute atomic E-state index is 12.8. The minimum atomic E-state index is -0.0278. The van der Waals surface area contributed by atoms with Crippen molar-refractivity contribution in [1.82, 2.24) is 24.7 Å². The van der Waals surface area contributed by atoms with Crippen molar-refractivity contribution in [3.05, 3.63) is 86.8 Å². The fourth-order valence-corrected chi connectivity index (χ4v) is 6.42. The van der Waals surface area contributed by atoms with Gasteiger partial charge in [0.1, 0.15) is 10.7 Å². The van der Waals surface area contributed by atoms with Crippen molar-refractivity contribution in [1.29, 1.82) is 0 Å². The predicted octanol–water partition coefficient (Wildman–Crippen LogP) is 5.32. The Kier molecular flexibility index (Phi) is 5.11. The van der Waals surface area contributed by atoms with E-state index in [4.69, 9.17) is 4.98 Å². The van der Waals surface area contributed by atoms with Gasteiger partial charge in [0.2, 0.25) is 0 Å². The third-order valence-corrected chi connectivity index (χ3v) is 8.05. The van der Waals surface area contributed by atoms with Gasteiger partial charge in [0, 0.05) is 16.1 Å². The van der Waals surface area contributed by atoms with Crippen molar-refractivity contribution in [3.8, 4) is 17.1 Å². The summed E-state index contributed by atoms with van der Waals surface area (Å²) < 4.78 is 2.07. The molecule has 164 valence electrons. The average Bonchev–Trinajstić information content (AvgIpc) is 3.53. The van der Waals surface area contributed by atoms with E-state index in [1.165, 1.54) is 27.8 Å². The van der Waals surface area contributed by atoms with Gasteiger partial charge < -0.3 is 4.98 Å². The van der Waals surface area contributed by atoms with Gasteiger partial charge in [-0.1, -0.05) is 59.8 Å². The molecule has 0 aliphatic heterocycles. The molecule has 1 aliphatic carbocycles. The van der Waals surface area contributed by atoms with Crippen LogP contribution in [0.4, 0.5) is 0 Å². The molecular formula is C25H21N5OS2. The molecule has 8 heteroatoms. The highest BCUT2D eigenvalue weighted by atomic mass is 32.2. The molecule has 1 aliphatic rings. The number of hydrogen-bond acceptors (Lipinski definition) is 6. The number of rotatable bonds is 5. The lowest BCUT2D eigenvalue weighted by atomic mass is 10.2. The van der Waals surface area contributed by atoms with Crippen molar-refractivity contribution in [2.24, 2.45) is 0 Å². The zero-order valence-electron chi connectivity index (χ0n) is 18.0. The van der Waals surface area contributed by atoms with Gasteiger partial charge in [-0.25, -0.2) is 4.98 Å². The van der Waals surface area contributed by atoms with E-state index in [1.807, 2.05) is 30.3 Å². The molecule has 3 heterocycles. The van der Waals surface area contributed by atoms with Crippen molar-refractivity contribution in [2.75, 3.05) is 0 Å². The molecular weight excluding hydrogens is 450 g/mol. The number of aromatic amines is 1. The lowest BCUT2D eigenvalue weighted by Crippen LogP contribution is -2.11. The Hall–Kier alpha value is -3.23. The van der Waals surface area contributed by atoms with Crippen molar-refractivity contribution in [3.63, 3.8) is 0 Å². The van der Waals surface area contributed by atoms with Crippen LogP contribution in [-0.4, -0.2) is 24.7 Å². The molecule has 0 radical (unpaired) electrons. The quantitative estimate of drug-likeness (QED) is 0.351. The van der Waals surface area contributed by atoms with E-state index in [1.54, 1.807) is 11.3 Å². The van der Waals surface area contributed by atoms with Crippen LogP contribution in [-0.2, 0) is 18.6 Å². The number of fused-ring (bicyclic) bond motifs is 3. The molecule has 0 saturated carbocycles. The summed E-state index contributed by atoms with van der Waals surface area (Å²) in [6.45, 7) is 2.07. The van der Waals surface area contributed by atoms with Crippen molar-refractivity contribution >= 4 is 33.3 Å². The first-order valence-electron chi connectivity index (χ1n) is 10.9. The second-order valence-corrected chi connectivity index (χ2v) is 10.2. The van der Waals surface area contributed by atoms with E-state index >= 15 is 0 Å². The monoisotopic (exact) mass is 471 g/mol. The fraction of sp³-hybridized carbons (Fsp3) is 0.200. The second kappa shape index (κ2) is 8.28. The van der Waals surface area contributed by atoms with E-state index < -0.39 is 0 Å². The Morgan fingerprint density at radius 2 is 1.88 bits per heavy atom. The number of thioether (sulfide) groups is 1. The van der Waals surface area contributed by atoms with Crippen LogP contribution in [0.5, 0.6) is 0 Å². The van der Waals surface area contributed by atoms with Gasteiger partial charge in [-0.15, -0.1) is 21.5 Å². The Morgan fingerprint density at radius 3 is 2.70 bits per heavy atom. The lowest BCUT2D eigenvalue weighted by molar-refractivity contribution is 0.883. The van der Waals surface area contributed by atoms with E-state index in [2.05, 4.69) is 50.9 Å². The molecule has 5 aromatic rings.